The van der Waals surface area contributed by atoms with Gasteiger partial charge in [0.25, 0.3) is 5.56 Å². The second-order valence-corrected chi connectivity index (χ2v) is 5.94. The van der Waals surface area contributed by atoms with E-state index in [0.29, 0.717) is 21.7 Å². The zero-order valence-corrected chi connectivity index (χ0v) is 12.6. The lowest BCUT2D eigenvalue weighted by molar-refractivity contribution is -0.123. The first-order valence-corrected chi connectivity index (χ1v) is 7.31. The van der Waals surface area contributed by atoms with Crippen molar-refractivity contribution in [1.82, 2.24) is 14.9 Å². The number of hydrogen-bond donors (Lipinski definition) is 1. The van der Waals surface area contributed by atoms with Gasteiger partial charge in [-0.3, -0.25) is 14.2 Å². The van der Waals surface area contributed by atoms with Crippen molar-refractivity contribution in [1.29, 1.82) is 0 Å². The molecule has 1 aliphatic rings. The largest absolute Gasteiger partial charge is 0.346 e. The number of nitrogens with one attached hydrogen (secondary N) is 1. The minimum absolute atomic E-state index is 0.0305. The van der Waals surface area contributed by atoms with E-state index in [-0.39, 0.29) is 23.4 Å². The molecular weight excluding hydrogens is 290 g/mol. The van der Waals surface area contributed by atoms with E-state index in [0.717, 1.165) is 12.8 Å². The van der Waals surface area contributed by atoms with Crippen molar-refractivity contribution in [2.24, 2.45) is 13.0 Å². The molecule has 6 heteroatoms. The third-order valence-corrected chi connectivity index (χ3v) is 4.00. The Kier molecular flexibility index (Phi) is 3.45. The molecule has 0 aliphatic heterocycles. The summed E-state index contributed by atoms with van der Waals surface area (Å²) in [4.78, 5) is 28.7. The Morgan fingerprint density at radius 3 is 2.86 bits per heavy atom. The van der Waals surface area contributed by atoms with Crippen molar-refractivity contribution < 1.29 is 4.79 Å². The summed E-state index contributed by atoms with van der Waals surface area (Å²) in [6.45, 7) is 1.83. The second kappa shape index (κ2) is 5.15. The van der Waals surface area contributed by atoms with Crippen molar-refractivity contribution in [3.05, 3.63) is 39.4 Å². The van der Waals surface area contributed by atoms with Crippen LogP contribution in [0.3, 0.4) is 0 Å². The fraction of sp³-hybridized carbons (Fsp3) is 0.400. The van der Waals surface area contributed by atoms with Crippen LogP contribution in [0.4, 0.5) is 0 Å². The maximum Gasteiger partial charge on any atom is 0.261 e. The van der Waals surface area contributed by atoms with E-state index >= 15 is 0 Å². The average Bonchev–Trinajstić information content (AvgIpc) is 3.26. The minimum Gasteiger partial charge on any atom is -0.346 e. The van der Waals surface area contributed by atoms with Crippen molar-refractivity contribution in [2.45, 2.75) is 25.8 Å². The molecule has 1 N–H and O–H groups in total. The lowest BCUT2D eigenvalue weighted by Gasteiger charge is -2.17. The highest BCUT2D eigenvalue weighted by molar-refractivity contribution is 6.31. The first-order valence-electron chi connectivity index (χ1n) is 6.94. The molecule has 0 radical (unpaired) electrons. The van der Waals surface area contributed by atoms with Gasteiger partial charge in [-0.25, -0.2) is 4.98 Å². The van der Waals surface area contributed by atoms with Crippen LogP contribution in [0.1, 0.15) is 31.6 Å². The lowest BCUT2D eigenvalue weighted by Crippen LogP contribution is -2.33. The van der Waals surface area contributed by atoms with Crippen LogP contribution < -0.4 is 10.9 Å². The van der Waals surface area contributed by atoms with Gasteiger partial charge in [0.1, 0.15) is 5.82 Å². The molecule has 0 saturated heterocycles. The zero-order chi connectivity index (χ0) is 15.1. The summed E-state index contributed by atoms with van der Waals surface area (Å²) in [6.07, 6.45) is 1.89. The normalized spacial score (nSPS) is 16.0. The van der Waals surface area contributed by atoms with Gasteiger partial charge < -0.3 is 5.32 Å². The fourth-order valence-electron chi connectivity index (χ4n) is 2.39. The van der Waals surface area contributed by atoms with Crippen LogP contribution >= 0.6 is 11.6 Å². The summed E-state index contributed by atoms with van der Waals surface area (Å²) in [7, 11) is 1.67. The van der Waals surface area contributed by atoms with Crippen LogP contribution in [0, 0.1) is 5.92 Å². The molecule has 1 fully saturated rings. The summed E-state index contributed by atoms with van der Waals surface area (Å²) < 4.78 is 1.48. The van der Waals surface area contributed by atoms with Gasteiger partial charge in [0.2, 0.25) is 5.91 Å². The van der Waals surface area contributed by atoms with E-state index in [1.165, 1.54) is 4.57 Å². The highest BCUT2D eigenvalue weighted by atomic mass is 35.5. The van der Waals surface area contributed by atoms with Crippen molar-refractivity contribution >= 4 is 28.4 Å². The molecule has 5 nitrogen and oxygen atoms in total. The van der Waals surface area contributed by atoms with Crippen molar-refractivity contribution in [2.75, 3.05) is 0 Å². The van der Waals surface area contributed by atoms with Crippen LogP contribution in [0.25, 0.3) is 10.9 Å². The highest BCUT2D eigenvalue weighted by Gasteiger charge is 2.31. The number of rotatable bonds is 3. The first-order chi connectivity index (χ1) is 9.97. The number of aromatic nitrogens is 2. The Bertz CT molecular complexity index is 780. The van der Waals surface area contributed by atoms with Gasteiger partial charge in [-0.2, -0.15) is 0 Å². The van der Waals surface area contributed by atoms with Gasteiger partial charge in [-0.05, 0) is 38.0 Å². The second-order valence-electron chi connectivity index (χ2n) is 5.50. The molecule has 110 valence electrons. The number of halogens is 1. The summed E-state index contributed by atoms with van der Waals surface area (Å²) in [5, 5.41) is 3.96. The number of benzene rings is 1. The zero-order valence-electron chi connectivity index (χ0n) is 11.9. The molecule has 1 heterocycles. The van der Waals surface area contributed by atoms with Crippen molar-refractivity contribution in [3.8, 4) is 0 Å². The van der Waals surface area contributed by atoms with Gasteiger partial charge >= 0.3 is 0 Å². The average molecular weight is 306 g/mol. The Morgan fingerprint density at radius 2 is 2.19 bits per heavy atom. The molecular formula is C15H16ClN3O2. The van der Waals surface area contributed by atoms with E-state index in [4.69, 9.17) is 11.6 Å². The van der Waals surface area contributed by atoms with Crippen LogP contribution in [-0.2, 0) is 11.8 Å². The molecule has 0 spiro atoms. The standard InChI is InChI=1S/C15H16ClN3O2/c1-8(17-14(20)9-3-4-9)13-18-12-7-10(16)5-6-11(12)15(21)19(13)2/h5-9H,3-4H2,1-2H3,(H,17,20)/t8-/m1/s1. The Hall–Kier alpha value is -1.88. The van der Waals surface area contributed by atoms with E-state index in [9.17, 15) is 9.59 Å². The molecule has 1 aromatic carbocycles. The maximum absolute atomic E-state index is 12.4. The Labute approximate surface area is 126 Å². The molecule has 1 aromatic heterocycles. The number of amides is 1. The van der Waals surface area contributed by atoms with Crippen LogP contribution in [-0.4, -0.2) is 15.5 Å². The highest BCUT2D eigenvalue weighted by Crippen LogP contribution is 2.29. The molecule has 0 unspecified atom stereocenters. The molecule has 21 heavy (non-hydrogen) atoms. The van der Waals surface area contributed by atoms with E-state index < -0.39 is 0 Å². The van der Waals surface area contributed by atoms with Gasteiger partial charge in [0.15, 0.2) is 0 Å². The number of carbonyl (C=O) groups excluding carboxylic acids is 1. The number of hydrogen-bond acceptors (Lipinski definition) is 3. The van der Waals surface area contributed by atoms with Crippen LogP contribution in [0.15, 0.2) is 23.0 Å². The molecule has 3 rings (SSSR count). The maximum atomic E-state index is 12.4. The van der Waals surface area contributed by atoms with Crippen LogP contribution in [0.5, 0.6) is 0 Å². The number of nitrogens with zero attached hydrogens (tertiary/aromatic N) is 2. The monoisotopic (exact) mass is 305 g/mol. The Balaban J connectivity index is 2.02. The summed E-state index contributed by atoms with van der Waals surface area (Å²) in [5.41, 5.74) is 0.410. The van der Waals surface area contributed by atoms with Gasteiger partial charge in [0, 0.05) is 18.0 Å². The summed E-state index contributed by atoms with van der Waals surface area (Å²) in [5.74, 6) is 0.686. The molecule has 2 aromatic rings. The lowest BCUT2D eigenvalue weighted by atomic mass is 10.2. The number of carbonyl (C=O) groups is 1. The summed E-state index contributed by atoms with van der Waals surface area (Å²) >= 11 is 5.96. The predicted molar refractivity (Wildman–Crippen MR) is 81.3 cm³/mol. The molecule has 1 atom stereocenters. The van der Waals surface area contributed by atoms with Gasteiger partial charge in [-0.15, -0.1) is 0 Å². The topological polar surface area (TPSA) is 64.0 Å². The summed E-state index contributed by atoms with van der Waals surface area (Å²) in [6, 6.07) is 4.69. The molecule has 1 aliphatic carbocycles. The van der Waals surface area contributed by atoms with E-state index in [1.807, 2.05) is 6.92 Å². The molecule has 1 saturated carbocycles. The SMILES string of the molecule is C[C@@H](NC(=O)C1CC1)c1nc2cc(Cl)ccc2c(=O)n1C. The van der Waals surface area contributed by atoms with Gasteiger partial charge in [0.05, 0.1) is 16.9 Å². The fourth-order valence-corrected chi connectivity index (χ4v) is 2.56. The predicted octanol–water partition coefficient (Wildman–Crippen LogP) is 2.17. The molecule has 0 bridgehead atoms. The third-order valence-electron chi connectivity index (χ3n) is 3.77. The quantitative estimate of drug-likeness (QED) is 0.945. The smallest absolute Gasteiger partial charge is 0.261 e. The minimum atomic E-state index is -0.320. The number of fused-ring (bicyclic) bond motifs is 1. The third kappa shape index (κ3) is 2.65. The van der Waals surface area contributed by atoms with Crippen LogP contribution in [0.2, 0.25) is 5.02 Å². The van der Waals surface area contributed by atoms with Gasteiger partial charge in [-0.1, -0.05) is 11.6 Å². The van der Waals surface area contributed by atoms with Crippen molar-refractivity contribution in [3.63, 3.8) is 0 Å². The van der Waals surface area contributed by atoms with E-state index in [2.05, 4.69) is 10.3 Å². The Morgan fingerprint density at radius 1 is 1.48 bits per heavy atom. The van der Waals surface area contributed by atoms with E-state index in [1.54, 1.807) is 25.2 Å². The first kappa shape index (κ1) is 14.1. The molecule has 1 amide bonds.